The van der Waals surface area contributed by atoms with Crippen LogP contribution in [-0.4, -0.2) is 31.1 Å². The van der Waals surface area contributed by atoms with E-state index in [1.54, 1.807) is 18.3 Å². The van der Waals surface area contributed by atoms with Gasteiger partial charge < -0.3 is 15.2 Å². The average Bonchev–Trinajstić information content (AvgIpc) is 2.92. The summed E-state index contributed by atoms with van der Waals surface area (Å²) in [7, 11) is 5.55. The molecule has 0 aliphatic heterocycles. The summed E-state index contributed by atoms with van der Waals surface area (Å²) >= 11 is 0. The number of halogens is 3. The average molecular weight is 722 g/mol. The quantitative estimate of drug-likeness (QED) is 0.235. The molecule has 0 fully saturated rings. The minimum absolute atomic E-state index is 0. The van der Waals surface area contributed by atoms with Crippen molar-refractivity contribution in [3.05, 3.63) is 107 Å². The number of aromatic nitrogens is 2. The van der Waals surface area contributed by atoms with E-state index < -0.39 is 11.7 Å². The van der Waals surface area contributed by atoms with Crippen LogP contribution in [0.2, 0.25) is 0 Å². The molecule has 0 atom stereocenters. The Kier molecular flexibility index (Phi) is 11.6. The predicted molar refractivity (Wildman–Crippen MR) is 145 cm³/mol. The van der Waals surface area contributed by atoms with Crippen molar-refractivity contribution in [3.8, 4) is 28.6 Å². The van der Waals surface area contributed by atoms with Crippen molar-refractivity contribution in [1.82, 2.24) is 15.3 Å². The molecule has 0 spiro atoms. The number of nitrogens with one attached hydrogen (secondary N) is 1. The second-order valence-corrected chi connectivity index (χ2v) is 8.75. The first-order valence-corrected chi connectivity index (χ1v) is 11.7. The standard InChI is InChI=1S/C15H11F3N3.C15H14N3.Pt/c1-19-12-7-10(6-11(8-12)15(16,17)18)14-9-13(21(2)3)4-5-20-14;1-11-5-13(9-16)7-14(6-11)15-8-12(10-17-2)3-4-18-15;/h4-6,8-9H,2-3H3;3-6,8,17H,10H2,1-2H3;/q2*-1;+2. The van der Waals surface area contributed by atoms with Gasteiger partial charge in [-0.15, -0.1) is 47.5 Å². The van der Waals surface area contributed by atoms with E-state index in [1.807, 2.05) is 57.2 Å². The number of aryl methyl sites for hydroxylation is 1. The number of pyridine rings is 2. The monoisotopic (exact) mass is 721 g/mol. The Bertz CT molecular complexity index is 1540. The van der Waals surface area contributed by atoms with Gasteiger partial charge in [0.1, 0.15) is 5.69 Å². The maximum absolute atomic E-state index is 12.9. The molecule has 0 saturated carbocycles. The Hall–Kier alpha value is -4.04. The van der Waals surface area contributed by atoms with Crippen LogP contribution in [-0.2, 0) is 33.8 Å². The summed E-state index contributed by atoms with van der Waals surface area (Å²) in [5.74, 6) is 0. The zero-order valence-electron chi connectivity index (χ0n) is 22.2. The molecule has 1 N–H and O–H groups in total. The van der Waals surface area contributed by atoms with Crippen molar-refractivity contribution in [3.63, 3.8) is 0 Å². The van der Waals surface area contributed by atoms with Crippen LogP contribution in [0.5, 0.6) is 0 Å². The third kappa shape index (κ3) is 8.74. The third-order valence-corrected chi connectivity index (χ3v) is 5.45. The SMILES string of the molecule is CNCc1ccnc(-c2[c-]c(C#N)cc(C)c2)c1.[C-]#[N+]c1[c-]c(-c2cc(N(C)C)ccn2)cc(C(F)(F)F)c1.[Pt+2]. The van der Waals surface area contributed by atoms with Crippen molar-refractivity contribution in [1.29, 1.82) is 5.26 Å². The fourth-order valence-electron chi connectivity index (χ4n) is 3.61. The van der Waals surface area contributed by atoms with E-state index >= 15 is 0 Å². The summed E-state index contributed by atoms with van der Waals surface area (Å²) in [4.78, 5) is 13.3. The summed E-state index contributed by atoms with van der Waals surface area (Å²) in [6.45, 7) is 9.68. The zero-order chi connectivity index (χ0) is 28.6. The van der Waals surface area contributed by atoms with Crippen LogP contribution in [0.3, 0.4) is 0 Å². The number of nitriles is 1. The van der Waals surface area contributed by atoms with E-state index in [0.717, 1.165) is 46.7 Å². The van der Waals surface area contributed by atoms with E-state index in [9.17, 15) is 13.2 Å². The predicted octanol–water partition coefficient (Wildman–Crippen LogP) is 6.63. The summed E-state index contributed by atoms with van der Waals surface area (Å²) < 4.78 is 38.6. The molecule has 0 aliphatic rings. The Morgan fingerprint density at radius 2 is 1.65 bits per heavy atom. The normalized spacial score (nSPS) is 10.3. The number of hydrogen-bond donors (Lipinski definition) is 1. The van der Waals surface area contributed by atoms with Gasteiger partial charge in [0.2, 0.25) is 0 Å². The minimum atomic E-state index is -4.51. The minimum Gasteiger partial charge on any atom is -0.378 e. The first-order chi connectivity index (χ1) is 18.5. The van der Waals surface area contributed by atoms with Crippen LogP contribution in [0, 0.1) is 37.0 Å². The topological polar surface area (TPSA) is 69.2 Å². The molecule has 4 rings (SSSR count). The molecule has 0 bridgehead atoms. The van der Waals surface area contributed by atoms with Gasteiger partial charge in [-0.25, -0.2) is 5.26 Å². The van der Waals surface area contributed by atoms with Gasteiger partial charge in [0.25, 0.3) is 0 Å². The van der Waals surface area contributed by atoms with E-state index in [0.29, 0.717) is 11.3 Å². The second-order valence-electron chi connectivity index (χ2n) is 8.75. The van der Waals surface area contributed by atoms with Gasteiger partial charge in [-0.3, -0.25) is 9.83 Å². The maximum atomic E-state index is 12.9. The molecule has 4 aromatic rings. The fourth-order valence-corrected chi connectivity index (χ4v) is 3.61. The molecule has 2 heterocycles. The largest absolute Gasteiger partial charge is 2.00 e. The molecule has 0 saturated heterocycles. The number of nitrogens with zero attached hydrogens (tertiary/aromatic N) is 5. The van der Waals surface area contributed by atoms with Crippen LogP contribution in [0.4, 0.5) is 24.5 Å². The number of alkyl halides is 3. The van der Waals surface area contributed by atoms with Crippen molar-refractivity contribution in [2.45, 2.75) is 19.6 Å². The van der Waals surface area contributed by atoms with Crippen molar-refractivity contribution >= 4 is 11.4 Å². The van der Waals surface area contributed by atoms with E-state index in [1.165, 1.54) is 6.20 Å². The van der Waals surface area contributed by atoms with Crippen LogP contribution in [0.1, 0.15) is 22.3 Å². The summed E-state index contributed by atoms with van der Waals surface area (Å²) in [6.07, 6.45) is -1.22. The van der Waals surface area contributed by atoms with Crippen molar-refractivity contribution in [2.75, 3.05) is 26.0 Å². The Balaban J connectivity index is 0.000000276. The molecule has 6 nitrogen and oxygen atoms in total. The molecule has 0 aliphatic carbocycles. The van der Waals surface area contributed by atoms with Crippen LogP contribution in [0.15, 0.2) is 60.9 Å². The molecule has 10 heteroatoms. The van der Waals surface area contributed by atoms with Gasteiger partial charge in [-0.05, 0) is 42.1 Å². The van der Waals surface area contributed by atoms with E-state index in [2.05, 4.69) is 38.3 Å². The molecule has 0 amide bonds. The van der Waals surface area contributed by atoms with E-state index in [4.69, 9.17) is 11.8 Å². The third-order valence-electron chi connectivity index (χ3n) is 5.45. The molecular formula is C30H25F3N6Pt. The maximum Gasteiger partial charge on any atom is 2.00 e. The first-order valence-electron chi connectivity index (χ1n) is 11.7. The first kappa shape index (κ1) is 32.2. The van der Waals surface area contributed by atoms with Crippen LogP contribution >= 0.6 is 0 Å². The summed E-state index contributed by atoms with van der Waals surface area (Å²) in [6, 6.07) is 20.8. The molecule has 2 aromatic carbocycles. The molecule has 0 unspecified atom stereocenters. The second kappa shape index (κ2) is 14.4. The fraction of sp³-hybridized carbons (Fsp3) is 0.200. The van der Waals surface area contributed by atoms with Crippen molar-refractivity contribution < 1.29 is 34.2 Å². The molecule has 0 radical (unpaired) electrons. The number of benzene rings is 2. The Morgan fingerprint density at radius 3 is 2.25 bits per heavy atom. The molecule has 40 heavy (non-hydrogen) atoms. The molecular weight excluding hydrogens is 696 g/mol. The van der Waals surface area contributed by atoms with Gasteiger partial charge in [-0.2, -0.15) is 13.2 Å². The molecule has 2 aromatic heterocycles. The van der Waals surface area contributed by atoms with Crippen LogP contribution in [0.25, 0.3) is 27.4 Å². The Morgan fingerprint density at radius 1 is 1.00 bits per heavy atom. The van der Waals surface area contributed by atoms with Gasteiger partial charge in [-0.1, -0.05) is 30.2 Å². The van der Waals surface area contributed by atoms with Crippen molar-refractivity contribution in [2.24, 2.45) is 0 Å². The summed E-state index contributed by atoms with van der Waals surface area (Å²) in [5, 5.41) is 12.1. The van der Waals surface area contributed by atoms with Gasteiger partial charge in [0, 0.05) is 44.4 Å². The summed E-state index contributed by atoms with van der Waals surface area (Å²) in [5.41, 5.74) is 4.71. The van der Waals surface area contributed by atoms with Crippen LogP contribution < -0.4 is 10.2 Å². The van der Waals surface area contributed by atoms with Gasteiger partial charge in [0.05, 0.1) is 6.57 Å². The van der Waals surface area contributed by atoms with Gasteiger partial charge >= 0.3 is 27.2 Å². The number of hydrogen-bond acceptors (Lipinski definition) is 5. The smallest absolute Gasteiger partial charge is 0.378 e. The zero-order valence-corrected chi connectivity index (χ0v) is 24.4. The van der Waals surface area contributed by atoms with Gasteiger partial charge in [0.15, 0.2) is 0 Å². The molecule has 206 valence electrons. The number of rotatable bonds is 5. The Labute approximate surface area is 246 Å². The van der Waals surface area contributed by atoms with E-state index in [-0.39, 0.29) is 32.3 Å². The number of anilines is 1.